The van der Waals surface area contributed by atoms with Crippen molar-refractivity contribution in [2.75, 3.05) is 0 Å². The molecule has 0 aliphatic heterocycles. The molecule has 1 saturated carbocycles. The maximum absolute atomic E-state index is 10.8. The summed E-state index contributed by atoms with van der Waals surface area (Å²) in [4.78, 5) is 21.5. The van der Waals surface area contributed by atoms with Crippen molar-refractivity contribution in [3.63, 3.8) is 0 Å². The van der Waals surface area contributed by atoms with E-state index in [1.165, 1.54) is 39.0 Å². The van der Waals surface area contributed by atoms with E-state index < -0.39 is 0 Å². The smallest absolute Gasteiger partial charge is 0.217 e. The number of amides is 1. The molecule has 0 heterocycles. The van der Waals surface area contributed by atoms with Crippen LogP contribution in [0, 0.1) is 5.92 Å². The summed E-state index contributed by atoms with van der Waals surface area (Å²) < 4.78 is 0. The van der Waals surface area contributed by atoms with Crippen LogP contribution in [0.2, 0.25) is 0 Å². The van der Waals surface area contributed by atoms with Gasteiger partial charge in [-0.1, -0.05) is 32.1 Å². The van der Waals surface area contributed by atoms with Gasteiger partial charge in [-0.3, -0.25) is 4.79 Å². The first-order valence-corrected chi connectivity index (χ1v) is 5.44. The number of hydrogen-bond donors (Lipinski definition) is 1. The van der Waals surface area contributed by atoms with Crippen molar-refractivity contribution in [1.82, 2.24) is 5.32 Å². The van der Waals surface area contributed by atoms with E-state index in [1.54, 1.807) is 0 Å². The van der Waals surface area contributed by atoms with E-state index in [0.717, 1.165) is 12.7 Å². The summed E-state index contributed by atoms with van der Waals surface area (Å²) in [6.07, 6.45) is 7.97. The molecule has 3 heteroatoms. The van der Waals surface area contributed by atoms with E-state index in [4.69, 9.17) is 0 Å². The van der Waals surface area contributed by atoms with Crippen LogP contribution in [-0.2, 0) is 9.59 Å². The van der Waals surface area contributed by atoms with Gasteiger partial charge in [-0.25, -0.2) is 0 Å². The van der Waals surface area contributed by atoms with Gasteiger partial charge in [0.25, 0.3) is 0 Å². The Hall–Kier alpha value is -0.860. The molecule has 1 aliphatic rings. The highest BCUT2D eigenvalue weighted by Gasteiger charge is 2.18. The molecule has 1 amide bonds. The second-order valence-corrected chi connectivity index (χ2v) is 4.18. The van der Waals surface area contributed by atoms with Crippen LogP contribution in [0.25, 0.3) is 0 Å². The van der Waals surface area contributed by atoms with Crippen molar-refractivity contribution in [3.05, 3.63) is 0 Å². The van der Waals surface area contributed by atoms with E-state index in [2.05, 4.69) is 5.32 Å². The molecule has 0 aromatic rings. The number of rotatable bonds is 4. The lowest BCUT2D eigenvalue weighted by atomic mass is 9.85. The van der Waals surface area contributed by atoms with Gasteiger partial charge in [0.2, 0.25) is 5.91 Å². The van der Waals surface area contributed by atoms with Crippen LogP contribution in [-0.4, -0.2) is 18.2 Å². The van der Waals surface area contributed by atoms with Gasteiger partial charge in [0, 0.05) is 6.92 Å². The monoisotopic (exact) mass is 197 g/mol. The zero-order chi connectivity index (χ0) is 10.4. The maximum atomic E-state index is 10.8. The summed E-state index contributed by atoms with van der Waals surface area (Å²) in [5.74, 6) is 0.517. The molecule has 14 heavy (non-hydrogen) atoms. The molecule has 0 bridgehead atoms. The molecular formula is C11H19NO2. The van der Waals surface area contributed by atoms with Gasteiger partial charge in [0.05, 0.1) is 6.04 Å². The summed E-state index contributed by atoms with van der Waals surface area (Å²) in [7, 11) is 0. The third kappa shape index (κ3) is 3.90. The van der Waals surface area contributed by atoms with Crippen LogP contribution in [0.1, 0.15) is 45.4 Å². The van der Waals surface area contributed by atoms with E-state index in [0.29, 0.717) is 5.92 Å². The van der Waals surface area contributed by atoms with Crippen molar-refractivity contribution in [1.29, 1.82) is 0 Å². The Kier molecular flexibility index (Phi) is 4.63. The van der Waals surface area contributed by atoms with Crippen LogP contribution in [0.15, 0.2) is 0 Å². The van der Waals surface area contributed by atoms with Gasteiger partial charge >= 0.3 is 0 Å². The minimum absolute atomic E-state index is 0.113. The standard InChI is InChI=1S/C11H19NO2/c1-9(14)12-11(8-13)7-10-5-3-2-4-6-10/h8,10-11H,2-7H2,1H3,(H,12,14)/t11-/m1/s1. The molecule has 0 saturated heterocycles. The molecule has 1 rings (SSSR count). The zero-order valence-electron chi connectivity index (χ0n) is 8.79. The van der Waals surface area contributed by atoms with Crippen molar-refractivity contribution >= 4 is 12.2 Å². The minimum atomic E-state index is -0.268. The first-order chi connectivity index (χ1) is 6.72. The lowest BCUT2D eigenvalue weighted by Gasteiger charge is -2.24. The van der Waals surface area contributed by atoms with Gasteiger partial charge in [-0.2, -0.15) is 0 Å². The molecule has 3 nitrogen and oxygen atoms in total. The fourth-order valence-electron chi connectivity index (χ4n) is 2.19. The van der Waals surface area contributed by atoms with E-state index in [1.807, 2.05) is 0 Å². The van der Waals surface area contributed by atoms with Crippen molar-refractivity contribution in [2.24, 2.45) is 5.92 Å². The maximum Gasteiger partial charge on any atom is 0.217 e. The second kappa shape index (κ2) is 5.78. The number of nitrogens with one attached hydrogen (secondary N) is 1. The van der Waals surface area contributed by atoms with Crippen LogP contribution >= 0.6 is 0 Å². The fourth-order valence-corrected chi connectivity index (χ4v) is 2.19. The molecule has 0 aromatic carbocycles. The van der Waals surface area contributed by atoms with Crippen LogP contribution in [0.5, 0.6) is 0 Å². The highest BCUT2D eigenvalue weighted by molar-refractivity contribution is 5.77. The van der Waals surface area contributed by atoms with Crippen molar-refractivity contribution < 1.29 is 9.59 Å². The summed E-state index contributed by atoms with van der Waals surface area (Å²) >= 11 is 0. The Morgan fingerprint density at radius 2 is 2.07 bits per heavy atom. The van der Waals surface area contributed by atoms with Crippen LogP contribution < -0.4 is 5.32 Å². The average molecular weight is 197 g/mol. The highest BCUT2D eigenvalue weighted by atomic mass is 16.2. The van der Waals surface area contributed by atoms with E-state index in [-0.39, 0.29) is 11.9 Å². The SMILES string of the molecule is CC(=O)N[C@@H](C=O)CC1CCCCC1. The molecule has 1 fully saturated rings. The van der Waals surface area contributed by atoms with Gasteiger partial charge in [-0.05, 0) is 12.3 Å². The fraction of sp³-hybridized carbons (Fsp3) is 0.818. The number of carbonyl (C=O) groups excluding carboxylic acids is 2. The lowest BCUT2D eigenvalue weighted by molar-refractivity contribution is -0.122. The quantitative estimate of drug-likeness (QED) is 0.697. The third-order valence-corrected chi connectivity index (χ3v) is 2.86. The predicted octanol–water partition coefficient (Wildman–Crippen LogP) is 1.66. The number of carbonyl (C=O) groups is 2. The molecule has 0 unspecified atom stereocenters. The zero-order valence-corrected chi connectivity index (χ0v) is 8.79. The Morgan fingerprint density at radius 3 is 2.57 bits per heavy atom. The topological polar surface area (TPSA) is 46.2 Å². The summed E-state index contributed by atoms with van der Waals surface area (Å²) in [5, 5.41) is 2.67. The Balaban J connectivity index is 2.30. The summed E-state index contributed by atoms with van der Waals surface area (Å²) in [6, 6.07) is -0.268. The summed E-state index contributed by atoms with van der Waals surface area (Å²) in [6.45, 7) is 1.46. The first kappa shape index (κ1) is 11.2. The molecule has 80 valence electrons. The molecule has 1 atom stereocenters. The van der Waals surface area contributed by atoms with Gasteiger partial charge in [-0.15, -0.1) is 0 Å². The lowest BCUT2D eigenvalue weighted by Crippen LogP contribution is -2.36. The van der Waals surface area contributed by atoms with Gasteiger partial charge in [0.15, 0.2) is 0 Å². The third-order valence-electron chi connectivity index (χ3n) is 2.86. The molecule has 0 aromatic heterocycles. The molecule has 0 spiro atoms. The number of aldehydes is 1. The second-order valence-electron chi connectivity index (χ2n) is 4.18. The van der Waals surface area contributed by atoms with Crippen LogP contribution in [0.4, 0.5) is 0 Å². The normalized spacial score (nSPS) is 20.1. The van der Waals surface area contributed by atoms with Gasteiger partial charge < -0.3 is 10.1 Å². The Morgan fingerprint density at radius 1 is 1.43 bits per heavy atom. The molecule has 1 aliphatic carbocycles. The predicted molar refractivity (Wildman–Crippen MR) is 54.9 cm³/mol. The first-order valence-electron chi connectivity index (χ1n) is 5.44. The highest BCUT2D eigenvalue weighted by Crippen LogP contribution is 2.26. The van der Waals surface area contributed by atoms with Crippen LogP contribution in [0.3, 0.4) is 0 Å². The molecular weight excluding hydrogens is 178 g/mol. The largest absolute Gasteiger partial charge is 0.347 e. The van der Waals surface area contributed by atoms with Gasteiger partial charge in [0.1, 0.15) is 6.29 Å². The summed E-state index contributed by atoms with van der Waals surface area (Å²) in [5.41, 5.74) is 0. The van der Waals surface area contributed by atoms with E-state index in [9.17, 15) is 9.59 Å². The molecule has 0 radical (unpaired) electrons. The Labute approximate surface area is 85.3 Å². The van der Waals surface area contributed by atoms with E-state index >= 15 is 0 Å². The molecule has 1 N–H and O–H groups in total. The number of hydrogen-bond acceptors (Lipinski definition) is 2. The minimum Gasteiger partial charge on any atom is -0.347 e. The Bertz CT molecular complexity index is 197. The average Bonchev–Trinajstić information content (AvgIpc) is 2.17. The van der Waals surface area contributed by atoms with Crippen molar-refractivity contribution in [3.8, 4) is 0 Å². The van der Waals surface area contributed by atoms with Crippen molar-refractivity contribution in [2.45, 2.75) is 51.5 Å².